The Bertz CT molecular complexity index is 1430. The van der Waals surface area contributed by atoms with E-state index in [1.165, 1.54) is 0 Å². The minimum absolute atomic E-state index is 0.00457. The van der Waals surface area contributed by atoms with Crippen molar-refractivity contribution in [3.8, 4) is 6.07 Å². The summed E-state index contributed by atoms with van der Waals surface area (Å²) in [5, 5.41) is 17.3. The second-order valence-corrected chi connectivity index (χ2v) is 9.52. The van der Waals surface area contributed by atoms with Gasteiger partial charge < -0.3 is 15.2 Å². The lowest BCUT2D eigenvalue weighted by Crippen LogP contribution is -2.43. The molecule has 6 nitrogen and oxygen atoms in total. The molecule has 6 rings (SSSR count). The molecule has 1 aliphatic heterocycles. The van der Waals surface area contributed by atoms with Crippen LogP contribution in [0.4, 0.5) is 5.82 Å². The van der Waals surface area contributed by atoms with Gasteiger partial charge in [0.15, 0.2) is 0 Å². The molecule has 0 bridgehead atoms. The van der Waals surface area contributed by atoms with E-state index in [1.807, 2.05) is 0 Å². The number of fused-ring (bicyclic) bond motifs is 1. The van der Waals surface area contributed by atoms with Crippen LogP contribution in [0.2, 0.25) is 0 Å². The molecule has 0 radical (unpaired) electrons. The van der Waals surface area contributed by atoms with Crippen LogP contribution in [0.5, 0.6) is 0 Å². The number of aromatic nitrogens is 3. The molecule has 6 heteroatoms. The first-order chi connectivity index (χ1) is 18.3. The average Bonchev–Trinajstić information content (AvgIpc) is 3.41. The van der Waals surface area contributed by atoms with Gasteiger partial charge in [-0.15, -0.1) is 0 Å². The maximum atomic E-state index is 9.42. The fourth-order valence-electron chi connectivity index (χ4n) is 5.64. The maximum absolute atomic E-state index is 9.42. The summed E-state index contributed by atoms with van der Waals surface area (Å²) in [4.78, 5) is 9.43. The Morgan fingerprint density at radius 3 is 1.97 bits per heavy atom. The van der Waals surface area contributed by atoms with E-state index in [0.717, 1.165) is 53.1 Å². The van der Waals surface area contributed by atoms with Crippen LogP contribution in [0.25, 0.3) is 11.0 Å². The molecule has 0 spiro atoms. The monoisotopic (exact) mass is 484 g/mol. The van der Waals surface area contributed by atoms with Gasteiger partial charge in [0, 0.05) is 25.3 Å². The van der Waals surface area contributed by atoms with Crippen LogP contribution >= 0.6 is 0 Å². The highest BCUT2D eigenvalue weighted by Crippen LogP contribution is 2.43. The molecule has 1 saturated heterocycles. The van der Waals surface area contributed by atoms with Crippen LogP contribution in [0, 0.1) is 17.2 Å². The van der Waals surface area contributed by atoms with Gasteiger partial charge in [-0.05, 0) is 29.2 Å². The first kappa shape index (κ1) is 23.0. The zero-order valence-corrected chi connectivity index (χ0v) is 20.5. The van der Waals surface area contributed by atoms with Gasteiger partial charge in [0.25, 0.3) is 0 Å². The molecule has 3 heterocycles. The van der Waals surface area contributed by atoms with E-state index in [2.05, 4.69) is 130 Å². The number of nitrogens with zero attached hydrogens (tertiary/aromatic N) is 4. The van der Waals surface area contributed by atoms with Gasteiger partial charge >= 0.3 is 0 Å². The molecule has 2 N–H and O–H groups in total. The van der Waals surface area contributed by atoms with E-state index in [0.29, 0.717) is 0 Å². The molecular formula is C31H28N6. The average molecular weight is 485 g/mol. The van der Waals surface area contributed by atoms with E-state index in [-0.39, 0.29) is 12.0 Å². The molecule has 0 saturated carbocycles. The van der Waals surface area contributed by atoms with E-state index in [1.54, 1.807) is 6.33 Å². The third kappa shape index (κ3) is 4.04. The van der Waals surface area contributed by atoms with E-state index in [4.69, 9.17) is 4.98 Å². The summed E-state index contributed by atoms with van der Waals surface area (Å²) >= 11 is 0. The summed E-state index contributed by atoms with van der Waals surface area (Å²) in [5.74, 6) is 0.785. The summed E-state index contributed by atoms with van der Waals surface area (Å²) in [6.07, 6.45) is 4.54. The number of hydrogen-bond donors (Lipinski definition) is 2. The van der Waals surface area contributed by atoms with Crippen LogP contribution in [0.15, 0.2) is 110 Å². The van der Waals surface area contributed by atoms with E-state index in [9.17, 15) is 5.26 Å². The number of piperidine rings is 1. The van der Waals surface area contributed by atoms with Crippen molar-refractivity contribution >= 4 is 16.9 Å². The van der Waals surface area contributed by atoms with Crippen molar-refractivity contribution in [3.63, 3.8) is 0 Å². The Labute approximate surface area is 216 Å². The van der Waals surface area contributed by atoms with Crippen LogP contribution < -0.4 is 10.6 Å². The smallest absolute Gasteiger partial charge is 0.146 e. The van der Waals surface area contributed by atoms with E-state index >= 15 is 0 Å². The Morgan fingerprint density at radius 1 is 0.811 bits per heavy atom. The predicted molar refractivity (Wildman–Crippen MR) is 146 cm³/mol. The Morgan fingerprint density at radius 2 is 1.41 bits per heavy atom. The van der Waals surface area contributed by atoms with Crippen molar-refractivity contribution in [1.29, 1.82) is 5.26 Å². The Balaban J connectivity index is 1.56. The van der Waals surface area contributed by atoms with Gasteiger partial charge in [0.05, 0.1) is 17.4 Å². The van der Waals surface area contributed by atoms with Crippen LogP contribution in [-0.2, 0) is 5.54 Å². The fraction of sp³-hybridized carbons (Fsp3) is 0.194. The largest absolute Gasteiger partial charge is 0.365 e. The molecule has 3 aromatic carbocycles. The zero-order chi connectivity index (χ0) is 25.1. The molecule has 2 aromatic heterocycles. The van der Waals surface area contributed by atoms with Gasteiger partial charge in [-0.25, -0.2) is 9.97 Å². The predicted octanol–water partition coefficient (Wildman–Crippen LogP) is 5.19. The molecule has 1 aliphatic rings. The highest BCUT2D eigenvalue weighted by Gasteiger charge is 2.39. The van der Waals surface area contributed by atoms with Crippen molar-refractivity contribution in [2.75, 3.05) is 18.4 Å². The lowest BCUT2D eigenvalue weighted by Gasteiger charge is -2.38. The number of benzene rings is 3. The van der Waals surface area contributed by atoms with Gasteiger partial charge in [0.2, 0.25) is 0 Å². The van der Waals surface area contributed by atoms with Gasteiger partial charge in [-0.3, -0.25) is 0 Å². The molecular weight excluding hydrogens is 456 g/mol. The summed E-state index contributed by atoms with van der Waals surface area (Å²) in [6.45, 7) is 1.53. The van der Waals surface area contributed by atoms with Crippen LogP contribution in [0.3, 0.4) is 0 Å². The topological polar surface area (TPSA) is 78.6 Å². The summed E-state index contributed by atoms with van der Waals surface area (Å²) in [7, 11) is 0. The van der Waals surface area contributed by atoms with Gasteiger partial charge in [-0.1, -0.05) is 91.0 Å². The summed E-state index contributed by atoms with van der Waals surface area (Å²) in [5.41, 5.74) is 3.63. The number of nitriles is 1. The van der Waals surface area contributed by atoms with Crippen LogP contribution in [0.1, 0.15) is 23.1 Å². The minimum atomic E-state index is -0.643. The SMILES string of the molecule is N#CC1CNCC(Nc2ncnc3c2ccn3C(c2ccccc2)(c2ccccc2)c2ccccc2)C1. The molecule has 2 atom stereocenters. The number of anilines is 1. The molecule has 0 amide bonds. The third-order valence-corrected chi connectivity index (χ3v) is 7.29. The highest BCUT2D eigenvalue weighted by atomic mass is 15.1. The van der Waals surface area contributed by atoms with Crippen molar-refractivity contribution in [2.45, 2.75) is 18.0 Å². The summed E-state index contributed by atoms with van der Waals surface area (Å²) < 4.78 is 2.27. The first-order valence-corrected chi connectivity index (χ1v) is 12.7. The molecule has 37 heavy (non-hydrogen) atoms. The van der Waals surface area contributed by atoms with Gasteiger partial charge in [0.1, 0.15) is 23.3 Å². The van der Waals surface area contributed by atoms with Crippen LogP contribution in [-0.4, -0.2) is 33.7 Å². The number of nitrogens with one attached hydrogen (secondary N) is 2. The fourth-order valence-corrected chi connectivity index (χ4v) is 5.64. The van der Waals surface area contributed by atoms with Crippen molar-refractivity contribution in [2.24, 2.45) is 5.92 Å². The molecule has 1 fully saturated rings. The Kier molecular flexibility index (Phi) is 6.13. The van der Waals surface area contributed by atoms with Crippen molar-refractivity contribution < 1.29 is 0 Å². The minimum Gasteiger partial charge on any atom is -0.365 e. The molecule has 0 aliphatic carbocycles. The highest BCUT2D eigenvalue weighted by molar-refractivity contribution is 5.88. The lowest BCUT2D eigenvalue weighted by molar-refractivity contribution is 0.414. The zero-order valence-electron chi connectivity index (χ0n) is 20.5. The first-order valence-electron chi connectivity index (χ1n) is 12.7. The summed E-state index contributed by atoms with van der Waals surface area (Å²) in [6, 6.07) is 36.4. The van der Waals surface area contributed by atoms with Crippen molar-refractivity contribution in [1.82, 2.24) is 19.9 Å². The molecule has 2 unspecified atom stereocenters. The Hall–Kier alpha value is -4.47. The van der Waals surface area contributed by atoms with Gasteiger partial charge in [-0.2, -0.15) is 5.26 Å². The van der Waals surface area contributed by atoms with E-state index < -0.39 is 5.54 Å². The number of rotatable bonds is 6. The second kappa shape index (κ2) is 9.88. The molecule has 5 aromatic rings. The lowest BCUT2D eigenvalue weighted by atomic mass is 9.76. The maximum Gasteiger partial charge on any atom is 0.146 e. The molecule has 182 valence electrons. The normalized spacial score (nSPS) is 17.8. The standard InChI is InChI=1S/C31H28N6/c32-19-23-18-27(21-33-20-23)36-29-28-16-17-37(30(28)35-22-34-29)31(24-10-4-1-5-11-24,25-12-6-2-7-13-25)26-14-8-3-9-15-26/h1-17,22-23,27,33H,18,20-21H2,(H,34,35,36). The van der Waals surface area contributed by atoms with Crippen molar-refractivity contribution in [3.05, 3.63) is 126 Å². The second-order valence-electron chi connectivity index (χ2n) is 9.52. The third-order valence-electron chi connectivity index (χ3n) is 7.29. The quantitative estimate of drug-likeness (QED) is 0.325. The number of hydrogen-bond acceptors (Lipinski definition) is 5.